The van der Waals surface area contributed by atoms with Crippen molar-refractivity contribution < 1.29 is 9.53 Å². The number of fused-ring (bicyclic) bond motifs is 1. The first-order chi connectivity index (χ1) is 13.3. The first-order valence-electron chi connectivity index (χ1n) is 9.49. The number of hydrogen-bond donors (Lipinski definition) is 1. The fraction of sp³-hybridized carbons (Fsp3) is 0.391. The monoisotopic (exact) mass is 394 g/mol. The van der Waals surface area contributed by atoms with Gasteiger partial charge in [0.1, 0.15) is 16.8 Å². The van der Waals surface area contributed by atoms with Gasteiger partial charge >= 0.3 is 0 Å². The van der Waals surface area contributed by atoms with E-state index in [9.17, 15) is 10.1 Å². The van der Waals surface area contributed by atoms with E-state index in [1.807, 2.05) is 24.3 Å². The standard InChI is InChI=1S/C23H26N2O2S/c1-23(2,3)16-8-11-18-19(14-24)22(28-20(18)13-16)25-21(26)12-7-15-5-9-17(27-4)10-6-15/h5-7,9-10,12,16H,8,11,13H2,1-4H3,(H,25,26). The minimum atomic E-state index is -0.224. The molecule has 1 amide bonds. The van der Waals surface area contributed by atoms with E-state index in [4.69, 9.17) is 4.74 Å². The van der Waals surface area contributed by atoms with Crippen LogP contribution in [0.2, 0.25) is 0 Å². The Labute approximate surface area is 170 Å². The molecule has 1 unspecified atom stereocenters. The van der Waals surface area contributed by atoms with Crippen molar-refractivity contribution in [1.82, 2.24) is 0 Å². The van der Waals surface area contributed by atoms with Crippen molar-refractivity contribution in [2.24, 2.45) is 11.3 Å². The van der Waals surface area contributed by atoms with Crippen LogP contribution < -0.4 is 10.1 Å². The first-order valence-corrected chi connectivity index (χ1v) is 10.3. The Morgan fingerprint density at radius 2 is 2.04 bits per heavy atom. The summed E-state index contributed by atoms with van der Waals surface area (Å²) in [6, 6.07) is 9.79. The molecule has 28 heavy (non-hydrogen) atoms. The number of nitrogens with zero attached hydrogens (tertiary/aromatic N) is 1. The van der Waals surface area contributed by atoms with Crippen molar-refractivity contribution in [2.75, 3.05) is 12.4 Å². The Kier molecular flexibility index (Phi) is 5.90. The molecule has 1 heterocycles. The maximum absolute atomic E-state index is 12.4. The molecule has 1 atom stereocenters. The average molecular weight is 395 g/mol. The molecule has 1 aromatic carbocycles. The maximum atomic E-state index is 12.4. The van der Waals surface area contributed by atoms with Crippen LogP contribution in [0.3, 0.4) is 0 Å². The van der Waals surface area contributed by atoms with Crippen LogP contribution in [0.1, 0.15) is 48.8 Å². The quantitative estimate of drug-likeness (QED) is 0.703. The second-order valence-corrected chi connectivity index (χ2v) is 9.33. The highest BCUT2D eigenvalue weighted by molar-refractivity contribution is 7.16. The summed E-state index contributed by atoms with van der Waals surface area (Å²) in [6.45, 7) is 6.82. The van der Waals surface area contributed by atoms with Crippen LogP contribution in [-0.2, 0) is 17.6 Å². The normalized spacial score (nSPS) is 16.5. The molecule has 0 bridgehead atoms. The van der Waals surface area contributed by atoms with Crippen molar-refractivity contribution in [3.63, 3.8) is 0 Å². The van der Waals surface area contributed by atoms with Crippen molar-refractivity contribution in [3.8, 4) is 11.8 Å². The number of methoxy groups -OCH3 is 1. The maximum Gasteiger partial charge on any atom is 0.249 e. The largest absolute Gasteiger partial charge is 0.497 e. The van der Waals surface area contributed by atoms with Gasteiger partial charge in [-0.25, -0.2) is 0 Å². The smallest absolute Gasteiger partial charge is 0.249 e. The van der Waals surface area contributed by atoms with Crippen LogP contribution in [0.5, 0.6) is 5.75 Å². The van der Waals surface area contributed by atoms with Gasteiger partial charge in [-0.1, -0.05) is 32.9 Å². The molecule has 146 valence electrons. The average Bonchev–Trinajstić information content (AvgIpc) is 3.02. The molecule has 0 saturated heterocycles. The number of amides is 1. The molecule has 0 saturated carbocycles. The molecular weight excluding hydrogens is 368 g/mol. The SMILES string of the molecule is COc1ccc(C=CC(=O)Nc2sc3c(c2C#N)CCC(C(C)(C)C)C3)cc1. The first kappa shape index (κ1) is 20.2. The molecule has 1 aliphatic rings. The number of rotatable bonds is 4. The molecule has 5 heteroatoms. The molecule has 0 radical (unpaired) electrons. The van der Waals surface area contributed by atoms with Crippen molar-refractivity contribution in [1.29, 1.82) is 5.26 Å². The number of ether oxygens (including phenoxy) is 1. The van der Waals surface area contributed by atoms with Crippen LogP contribution in [-0.4, -0.2) is 13.0 Å². The third kappa shape index (κ3) is 4.45. The summed E-state index contributed by atoms with van der Waals surface area (Å²) < 4.78 is 5.13. The number of nitrogens with one attached hydrogen (secondary N) is 1. The zero-order valence-corrected chi connectivity index (χ0v) is 17.7. The molecule has 1 aromatic heterocycles. The molecular formula is C23H26N2O2S. The van der Waals surface area contributed by atoms with Gasteiger partial charge in [0.2, 0.25) is 5.91 Å². The number of thiophene rings is 1. The summed E-state index contributed by atoms with van der Waals surface area (Å²) in [7, 11) is 1.62. The summed E-state index contributed by atoms with van der Waals surface area (Å²) in [5, 5.41) is 13.2. The van der Waals surface area contributed by atoms with Gasteiger partial charge in [0.25, 0.3) is 0 Å². The predicted octanol–water partition coefficient (Wildman–Crippen LogP) is 5.43. The van der Waals surface area contributed by atoms with E-state index in [1.165, 1.54) is 11.0 Å². The number of nitriles is 1. The topological polar surface area (TPSA) is 62.1 Å². The second kappa shape index (κ2) is 8.20. The lowest BCUT2D eigenvalue weighted by Gasteiger charge is -2.33. The molecule has 4 nitrogen and oxygen atoms in total. The van der Waals surface area contributed by atoms with E-state index in [0.29, 0.717) is 16.5 Å². The highest BCUT2D eigenvalue weighted by Gasteiger charge is 2.32. The Hall–Kier alpha value is -2.58. The van der Waals surface area contributed by atoms with Crippen molar-refractivity contribution in [2.45, 2.75) is 40.0 Å². The third-order valence-corrected chi connectivity index (χ3v) is 6.55. The fourth-order valence-corrected chi connectivity index (χ4v) is 4.85. The van der Waals surface area contributed by atoms with Gasteiger partial charge < -0.3 is 10.1 Å². The third-order valence-electron chi connectivity index (χ3n) is 5.38. The lowest BCUT2D eigenvalue weighted by atomic mass is 9.72. The second-order valence-electron chi connectivity index (χ2n) is 8.22. The van der Waals surface area contributed by atoms with Crippen molar-refractivity contribution >= 4 is 28.3 Å². The minimum absolute atomic E-state index is 0.224. The minimum Gasteiger partial charge on any atom is -0.497 e. The van der Waals surface area contributed by atoms with Crippen molar-refractivity contribution in [3.05, 3.63) is 51.9 Å². The van der Waals surface area contributed by atoms with E-state index in [0.717, 1.165) is 36.1 Å². The van der Waals surface area contributed by atoms with Crippen LogP contribution in [0.15, 0.2) is 30.3 Å². The lowest BCUT2D eigenvalue weighted by Crippen LogP contribution is -2.26. The van der Waals surface area contributed by atoms with Gasteiger partial charge in [-0.05, 0) is 59.9 Å². The Bertz CT molecular complexity index is 927. The van der Waals surface area contributed by atoms with Gasteiger partial charge in [-0.15, -0.1) is 11.3 Å². The Balaban J connectivity index is 1.73. The summed E-state index contributed by atoms with van der Waals surface area (Å²) >= 11 is 1.56. The molecule has 1 N–H and O–H groups in total. The number of benzene rings is 1. The molecule has 3 rings (SSSR count). The number of hydrogen-bond acceptors (Lipinski definition) is 4. The van der Waals surface area contributed by atoms with Gasteiger partial charge in [0.05, 0.1) is 12.7 Å². The van der Waals surface area contributed by atoms with Gasteiger partial charge in [-0.3, -0.25) is 4.79 Å². The fourth-order valence-electron chi connectivity index (χ4n) is 3.57. The van der Waals surface area contributed by atoms with Gasteiger partial charge in [0, 0.05) is 11.0 Å². The zero-order valence-electron chi connectivity index (χ0n) is 16.8. The van der Waals surface area contributed by atoms with E-state index in [1.54, 1.807) is 24.5 Å². The molecule has 0 spiro atoms. The van der Waals surface area contributed by atoms with Crippen LogP contribution in [0.4, 0.5) is 5.00 Å². The summed E-state index contributed by atoms with van der Waals surface area (Å²) in [5.74, 6) is 1.15. The Morgan fingerprint density at radius 3 is 2.64 bits per heavy atom. The summed E-state index contributed by atoms with van der Waals surface area (Å²) in [4.78, 5) is 13.6. The van der Waals surface area contributed by atoms with Crippen LogP contribution >= 0.6 is 11.3 Å². The molecule has 0 fully saturated rings. The molecule has 2 aromatic rings. The predicted molar refractivity (Wildman–Crippen MR) is 115 cm³/mol. The van der Waals surface area contributed by atoms with E-state index in [-0.39, 0.29) is 11.3 Å². The highest BCUT2D eigenvalue weighted by atomic mass is 32.1. The number of carbonyl (C=O) groups excluding carboxylic acids is 1. The summed E-state index contributed by atoms with van der Waals surface area (Å²) in [5.41, 5.74) is 2.93. The number of carbonyl (C=O) groups is 1. The van der Waals surface area contributed by atoms with E-state index in [2.05, 4.69) is 32.2 Å². The number of anilines is 1. The van der Waals surface area contributed by atoms with Gasteiger partial charge in [-0.2, -0.15) is 5.26 Å². The van der Waals surface area contributed by atoms with Crippen LogP contribution in [0, 0.1) is 22.7 Å². The lowest BCUT2D eigenvalue weighted by molar-refractivity contribution is -0.111. The highest BCUT2D eigenvalue weighted by Crippen LogP contribution is 2.43. The van der Waals surface area contributed by atoms with E-state index < -0.39 is 0 Å². The molecule has 0 aliphatic heterocycles. The van der Waals surface area contributed by atoms with Gasteiger partial charge in [0.15, 0.2) is 0 Å². The van der Waals surface area contributed by atoms with E-state index >= 15 is 0 Å². The van der Waals surface area contributed by atoms with Crippen LogP contribution in [0.25, 0.3) is 6.08 Å². The molecule has 1 aliphatic carbocycles. The summed E-state index contributed by atoms with van der Waals surface area (Å²) in [6.07, 6.45) is 6.24. The Morgan fingerprint density at radius 1 is 1.32 bits per heavy atom. The zero-order chi connectivity index (χ0) is 20.3.